The van der Waals surface area contributed by atoms with Crippen molar-refractivity contribution in [1.82, 2.24) is 15.5 Å². The van der Waals surface area contributed by atoms with Gasteiger partial charge in [0.05, 0.1) is 40.1 Å². The number of nitrogens with zero attached hydrogens (tertiary/aromatic N) is 1. The molecular weight excluding hydrogens is 374 g/mol. The normalized spacial score (nSPS) is 22.0. The number of urea groups is 1. The highest BCUT2D eigenvalue weighted by molar-refractivity contribution is 5.74. The second-order valence-corrected chi connectivity index (χ2v) is 7.52. The molecule has 29 heavy (non-hydrogen) atoms. The van der Waals surface area contributed by atoms with Gasteiger partial charge in [0.2, 0.25) is 0 Å². The summed E-state index contributed by atoms with van der Waals surface area (Å²) in [4.78, 5) is 15.0. The summed E-state index contributed by atoms with van der Waals surface area (Å²) in [7, 11) is 3.24. The van der Waals surface area contributed by atoms with Crippen LogP contribution >= 0.6 is 0 Å². The topological polar surface area (TPSA) is 81.3 Å². The standard InChI is InChI=1S/C21H33N3O5/c1-15(18-12-17(26-2)4-5-20(18)27-3)23-21(25)22-13-19(16-6-9-29-14-16)24-7-10-28-11-8-24/h4-5,12,15-16,19H,6-11,13-14H2,1-3H3,(H2,22,23,25). The van der Waals surface area contributed by atoms with Crippen molar-refractivity contribution in [2.45, 2.75) is 25.4 Å². The van der Waals surface area contributed by atoms with Gasteiger partial charge >= 0.3 is 6.03 Å². The van der Waals surface area contributed by atoms with Crippen molar-refractivity contribution in [3.8, 4) is 11.5 Å². The molecule has 3 unspecified atom stereocenters. The molecular formula is C21H33N3O5. The van der Waals surface area contributed by atoms with Crippen LogP contribution in [0.5, 0.6) is 11.5 Å². The van der Waals surface area contributed by atoms with Gasteiger partial charge in [0.1, 0.15) is 11.5 Å². The highest BCUT2D eigenvalue weighted by Gasteiger charge is 2.31. The second kappa shape index (κ2) is 10.7. The maximum absolute atomic E-state index is 12.6. The minimum atomic E-state index is -0.225. The average Bonchev–Trinajstić information content (AvgIpc) is 3.28. The van der Waals surface area contributed by atoms with Crippen LogP contribution in [0.2, 0.25) is 0 Å². The van der Waals surface area contributed by atoms with E-state index in [-0.39, 0.29) is 18.1 Å². The monoisotopic (exact) mass is 407 g/mol. The lowest BCUT2D eigenvalue weighted by Gasteiger charge is -2.37. The van der Waals surface area contributed by atoms with Gasteiger partial charge in [-0.05, 0) is 31.5 Å². The van der Waals surface area contributed by atoms with Crippen molar-refractivity contribution >= 4 is 6.03 Å². The third-order valence-corrected chi connectivity index (χ3v) is 5.75. The molecule has 0 aliphatic carbocycles. The third-order valence-electron chi connectivity index (χ3n) is 5.75. The fraction of sp³-hybridized carbons (Fsp3) is 0.667. The summed E-state index contributed by atoms with van der Waals surface area (Å²) >= 11 is 0. The van der Waals surface area contributed by atoms with Crippen molar-refractivity contribution in [3.63, 3.8) is 0 Å². The van der Waals surface area contributed by atoms with E-state index in [9.17, 15) is 4.79 Å². The van der Waals surface area contributed by atoms with E-state index in [1.165, 1.54) is 0 Å². The second-order valence-electron chi connectivity index (χ2n) is 7.52. The maximum Gasteiger partial charge on any atom is 0.315 e. The summed E-state index contributed by atoms with van der Waals surface area (Å²) in [5, 5.41) is 6.07. The van der Waals surface area contributed by atoms with Gasteiger partial charge in [-0.3, -0.25) is 4.90 Å². The molecule has 2 aliphatic rings. The number of ether oxygens (including phenoxy) is 4. The minimum absolute atomic E-state index is 0.195. The predicted molar refractivity (Wildman–Crippen MR) is 110 cm³/mol. The number of carbonyl (C=O) groups is 1. The van der Waals surface area contributed by atoms with Gasteiger partial charge in [-0.2, -0.15) is 0 Å². The summed E-state index contributed by atoms with van der Waals surface area (Å²) in [6.45, 7) is 7.33. The number of hydrogen-bond donors (Lipinski definition) is 2. The van der Waals surface area contributed by atoms with E-state index in [1.54, 1.807) is 14.2 Å². The van der Waals surface area contributed by atoms with E-state index < -0.39 is 0 Å². The van der Waals surface area contributed by atoms with Crippen molar-refractivity contribution in [3.05, 3.63) is 23.8 Å². The van der Waals surface area contributed by atoms with Crippen molar-refractivity contribution < 1.29 is 23.7 Å². The van der Waals surface area contributed by atoms with Crippen LogP contribution in [0.1, 0.15) is 24.9 Å². The van der Waals surface area contributed by atoms with Gasteiger partial charge in [0.15, 0.2) is 0 Å². The highest BCUT2D eigenvalue weighted by atomic mass is 16.5. The highest BCUT2D eigenvalue weighted by Crippen LogP contribution is 2.29. The molecule has 2 aliphatic heterocycles. The zero-order chi connectivity index (χ0) is 20.6. The molecule has 8 nitrogen and oxygen atoms in total. The lowest BCUT2D eigenvalue weighted by atomic mass is 9.97. The first kappa shape index (κ1) is 21.7. The molecule has 0 aromatic heterocycles. The van der Waals surface area contributed by atoms with Gasteiger partial charge in [-0.15, -0.1) is 0 Å². The Balaban J connectivity index is 1.58. The number of benzene rings is 1. The van der Waals surface area contributed by atoms with E-state index in [1.807, 2.05) is 25.1 Å². The van der Waals surface area contributed by atoms with Crippen LogP contribution in [0.4, 0.5) is 4.79 Å². The number of hydrogen-bond acceptors (Lipinski definition) is 6. The van der Waals surface area contributed by atoms with E-state index >= 15 is 0 Å². The predicted octanol–water partition coefficient (Wildman–Crippen LogP) is 1.80. The summed E-state index contributed by atoms with van der Waals surface area (Å²) < 4.78 is 21.8. The number of morpholine rings is 1. The minimum Gasteiger partial charge on any atom is -0.497 e. The van der Waals surface area contributed by atoms with Gasteiger partial charge in [0, 0.05) is 43.8 Å². The molecule has 2 fully saturated rings. The maximum atomic E-state index is 12.6. The van der Waals surface area contributed by atoms with E-state index in [2.05, 4.69) is 15.5 Å². The van der Waals surface area contributed by atoms with Crippen LogP contribution in [0.15, 0.2) is 18.2 Å². The molecule has 1 aromatic rings. The number of nitrogens with one attached hydrogen (secondary N) is 2. The molecule has 0 bridgehead atoms. The SMILES string of the molecule is COc1ccc(OC)c(C(C)NC(=O)NCC(C2CCOC2)N2CCOCC2)c1. The molecule has 1 aromatic carbocycles. The Kier molecular flexibility index (Phi) is 7.97. The molecule has 0 spiro atoms. The van der Waals surface area contributed by atoms with Gasteiger partial charge < -0.3 is 29.6 Å². The quantitative estimate of drug-likeness (QED) is 0.684. The van der Waals surface area contributed by atoms with Crippen LogP contribution < -0.4 is 20.1 Å². The zero-order valence-corrected chi connectivity index (χ0v) is 17.6. The molecule has 0 saturated carbocycles. The Morgan fingerprint density at radius 1 is 1.21 bits per heavy atom. The van der Waals surface area contributed by atoms with Crippen molar-refractivity contribution in [2.75, 3.05) is 60.3 Å². The molecule has 162 valence electrons. The zero-order valence-electron chi connectivity index (χ0n) is 17.6. The van der Waals surface area contributed by atoms with E-state index in [0.29, 0.717) is 18.2 Å². The number of rotatable bonds is 8. The number of amides is 2. The Labute approximate surface area is 172 Å². The summed E-state index contributed by atoms with van der Waals surface area (Å²) in [5.41, 5.74) is 0.871. The van der Waals surface area contributed by atoms with Crippen LogP contribution in [0, 0.1) is 5.92 Å². The van der Waals surface area contributed by atoms with Crippen molar-refractivity contribution in [1.29, 1.82) is 0 Å². The fourth-order valence-corrected chi connectivity index (χ4v) is 4.06. The van der Waals surface area contributed by atoms with Crippen LogP contribution in [0.25, 0.3) is 0 Å². The largest absolute Gasteiger partial charge is 0.497 e. The molecule has 3 rings (SSSR count). The summed E-state index contributed by atoms with van der Waals surface area (Å²) in [5.74, 6) is 1.88. The van der Waals surface area contributed by atoms with Crippen LogP contribution in [-0.2, 0) is 9.47 Å². The Morgan fingerprint density at radius 2 is 2.00 bits per heavy atom. The molecule has 3 atom stereocenters. The molecule has 2 saturated heterocycles. The molecule has 8 heteroatoms. The van der Waals surface area contributed by atoms with Crippen LogP contribution in [-0.4, -0.2) is 77.3 Å². The first-order valence-corrected chi connectivity index (χ1v) is 10.3. The average molecular weight is 408 g/mol. The first-order valence-electron chi connectivity index (χ1n) is 10.3. The van der Waals surface area contributed by atoms with Gasteiger partial charge in [0.25, 0.3) is 0 Å². The fourth-order valence-electron chi connectivity index (χ4n) is 4.06. The van der Waals surface area contributed by atoms with Crippen LogP contribution in [0.3, 0.4) is 0 Å². The molecule has 2 N–H and O–H groups in total. The van der Waals surface area contributed by atoms with Gasteiger partial charge in [-0.1, -0.05) is 0 Å². The smallest absolute Gasteiger partial charge is 0.315 e. The molecule has 2 heterocycles. The Hall–Kier alpha value is -2.03. The van der Waals surface area contributed by atoms with Crippen molar-refractivity contribution in [2.24, 2.45) is 5.92 Å². The molecule has 2 amide bonds. The lowest BCUT2D eigenvalue weighted by molar-refractivity contribution is 0.00211. The Morgan fingerprint density at radius 3 is 2.66 bits per heavy atom. The van der Waals surface area contributed by atoms with E-state index in [4.69, 9.17) is 18.9 Å². The molecule has 0 radical (unpaired) electrons. The van der Waals surface area contributed by atoms with Gasteiger partial charge in [-0.25, -0.2) is 4.79 Å². The summed E-state index contributed by atoms with van der Waals surface area (Å²) in [6, 6.07) is 5.41. The third kappa shape index (κ3) is 5.74. The number of methoxy groups -OCH3 is 2. The summed E-state index contributed by atoms with van der Waals surface area (Å²) in [6.07, 6.45) is 1.03. The first-order chi connectivity index (χ1) is 14.1. The number of carbonyl (C=O) groups excluding carboxylic acids is 1. The van der Waals surface area contributed by atoms with E-state index in [0.717, 1.165) is 57.3 Å². The Bertz CT molecular complexity index is 660. The lowest BCUT2D eigenvalue weighted by Crippen LogP contribution is -2.53.